The molecule has 1 aromatic heterocycles. The molecule has 0 saturated carbocycles. The van der Waals surface area contributed by atoms with Gasteiger partial charge >= 0.3 is 0 Å². The van der Waals surface area contributed by atoms with Crippen LogP contribution in [0.5, 0.6) is 0 Å². The summed E-state index contributed by atoms with van der Waals surface area (Å²) in [7, 11) is -0.637. The first-order chi connectivity index (χ1) is 11.8. The fraction of sp³-hybridized carbons (Fsp3) is 0. The molecule has 0 spiro atoms. The largest absolute Gasteiger partial charge is 0.489 e. The van der Waals surface area contributed by atoms with Crippen molar-refractivity contribution in [2.75, 3.05) is 0 Å². The number of benzene rings is 2. The lowest BCUT2D eigenvalue weighted by molar-refractivity contribution is 0.220. The molecule has 3 rings (SSSR count). The van der Waals surface area contributed by atoms with E-state index in [-0.39, 0.29) is 27.1 Å². The van der Waals surface area contributed by atoms with Gasteiger partial charge in [-0.2, -0.15) is 0 Å². The Hall–Kier alpha value is -2.74. The quantitative estimate of drug-likeness (QED) is 0.726. The molecule has 126 valence electrons. The normalized spacial score (nSPS) is 10.9. The van der Waals surface area contributed by atoms with Gasteiger partial charge in [-0.3, -0.25) is 9.59 Å². The number of pyridine rings is 1. The highest BCUT2D eigenvalue weighted by molar-refractivity contribution is 6.82. The number of hydrogen-bond acceptors (Lipinski definition) is 2. The Balaban J connectivity index is 2.43. The second-order valence-electron chi connectivity index (χ2n) is 5.30. The van der Waals surface area contributed by atoms with Gasteiger partial charge in [-0.25, -0.2) is 13.2 Å². The van der Waals surface area contributed by atoms with Crippen molar-refractivity contribution in [2.45, 2.75) is 0 Å². The molecule has 0 bridgehead atoms. The third kappa shape index (κ3) is 3.12. The standard InChI is InChI=1S/C16H8BClF3NO3/c18-10-5-14-8(4-11(10)20)15(23)9(17-16(24)25)6-22(14)13-2-1-7(19)3-12(13)21/h1-6,17H,(H,24,25). The summed E-state index contributed by atoms with van der Waals surface area (Å²) < 4.78 is 42.3. The smallest absolute Gasteiger partial charge is 0.299 e. The van der Waals surface area contributed by atoms with E-state index in [0.717, 1.165) is 35.0 Å². The van der Waals surface area contributed by atoms with Crippen LogP contribution in [0, 0.1) is 17.5 Å². The van der Waals surface area contributed by atoms with Gasteiger partial charge in [-0.05, 0) is 29.7 Å². The topological polar surface area (TPSA) is 59.3 Å². The maximum Gasteiger partial charge on any atom is 0.299 e. The van der Waals surface area contributed by atoms with Gasteiger partial charge in [-0.15, -0.1) is 0 Å². The zero-order valence-corrected chi connectivity index (χ0v) is 13.1. The molecule has 0 unspecified atom stereocenters. The molecular formula is C16H8BClF3NO3. The SMILES string of the molecule is O=C(O)Bc1cn(-c2ccc(F)cc2F)c2cc(Cl)c(F)cc2c1=O. The van der Waals surface area contributed by atoms with Crippen LogP contribution in [-0.2, 0) is 0 Å². The van der Waals surface area contributed by atoms with Crippen molar-refractivity contribution in [3.63, 3.8) is 0 Å². The van der Waals surface area contributed by atoms with Crippen LogP contribution in [0.25, 0.3) is 16.6 Å². The summed E-state index contributed by atoms with van der Waals surface area (Å²) in [6.07, 6.45) is 1.13. The van der Waals surface area contributed by atoms with Crippen molar-refractivity contribution >= 4 is 41.1 Å². The highest BCUT2D eigenvalue weighted by atomic mass is 35.5. The number of aromatic nitrogens is 1. The predicted molar refractivity (Wildman–Crippen MR) is 89.2 cm³/mol. The van der Waals surface area contributed by atoms with Crippen molar-refractivity contribution in [1.29, 1.82) is 0 Å². The lowest BCUT2D eigenvalue weighted by Gasteiger charge is -2.14. The monoisotopic (exact) mass is 365 g/mol. The summed E-state index contributed by atoms with van der Waals surface area (Å²) >= 11 is 5.75. The summed E-state index contributed by atoms with van der Waals surface area (Å²) in [6.45, 7) is 0. The van der Waals surface area contributed by atoms with Gasteiger partial charge in [0.25, 0.3) is 13.1 Å². The second kappa shape index (κ2) is 6.29. The molecular weight excluding hydrogens is 357 g/mol. The van der Waals surface area contributed by atoms with Crippen molar-refractivity contribution < 1.29 is 23.1 Å². The number of fused-ring (bicyclic) bond motifs is 1. The van der Waals surface area contributed by atoms with E-state index in [9.17, 15) is 22.8 Å². The minimum absolute atomic E-state index is 0.0658. The summed E-state index contributed by atoms with van der Waals surface area (Å²) in [5, 5.41) is 8.49. The van der Waals surface area contributed by atoms with Crippen LogP contribution < -0.4 is 10.9 Å². The zero-order chi connectivity index (χ0) is 18.3. The van der Waals surface area contributed by atoms with Crippen LogP contribution in [0.15, 0.2) is 41.3 Å². The highest BCUT2D eigenvalue weighted by Crippen LogP contribution is 2.24. The molecule has 0 radical (unpaired) electrons. The van der Waals surface area contributed by atoms with E-state index in [1.54, 1.807) is 0 Å². The van der Waals surface area contributed by atoms with E-state index in [1.807, 2.05) is 0 Å². The van der Waals surface area contributed by atoms with Gasteiger partial charge in [0.15, 0.2) is 5.43 Å². The molecule has 1 N–H and O–H groups in total. The fourth-order valence-electron chi connectivity index (χ4n) is 2.54. The van der Waals surface area contributed by atoms with E-state index in [4.69, 9.17) is 16.7 Å². The summed E-state index contributed by atoms with van der Waals surface area (Å²) in [6, 6.07) is 4.76. The number of rotatable bonds is 3. The first-order valence-electron chi connectivity index (χ1n) is 6.98. The van der Waals surface area contributed by atoms with Gasteiger partial charge in [-0.1, -0.05) is 11.6 Å². The maximum absolute atomic E-state index is 14.2. The summed E-state index contributed by atoms with van der Waals surface area (Å²) in [5.74, 6) is -3.89. The van der Waals surface area contributed by atoms with Crippen LogP contribution >= 0.6 is 11.6 Å². The minimum atomic E-state index is -1.28. The van der Waals surface area contributed by atoms with E-state index in [0.29, 0.717) is 6.07 Å². The molecule has 0 aliphatic heterocycles. The number of carboxylic acid groups (broad SMARTS) is 1. The average molecular weight is 366 g/mol. The average Bonchev–Trinajstić information content (AvgIpc) is 2.52. The lowest BCUT2D eigenvalue weighted by atomic mass is 9.71. The number of halogens is 4. The third-order valence-electron chi connectivity index (χ3n) is 3.63. The number of nitrogens with zero attached hydrogens (tertiary/aromatic N) is 1. The Kier molecular flexibility index (Phi) is 4.30. The first kappa shape index (κ1) is 17.1. The van der Waals surface area contributed by atoms with E-state index < -0.39 is 36.0 Å². The van der Waals surface area contributed by atoms with Crippen molar-refractivity contribution in [2.24, 2.45) is 0 Å². The number of hydrogen-bond donors (Lipinski definition) is 1. The second-order valence-corrected chi connectivity index (χ2v) is 5.71. The Morgan fingerprint density at radius 2 is 1.84 bits per heavy atom. The molecule has 2 aromatic carbocycles. The molecule has 0 fully saturated rings. The van der Waals surface area contributed by atoms with Crippen LogP contribution in [0.1, 0.15) is 0 Å². The van der Waals surface area contributed by atoms with E-state index in [2.05, 4.69) is 0 Å². The maximum atomic E-state index is 14.2. The predicted octanol–water partition coefficient (Wildman–Crippen LogP) is 2.80. The fourth-order valence-corrected chi connectivity index (χ4v) is 2.70. The van der Waals surface area contributed by atoms with Crippen molar-refractivity contribution in [3.8, 4) is 5.69 Å². The van der Waals surface area contributed by atoms with Crippen molar-refractivity contribution in [3.05, 3.63) is 69.2 Å². The van der Waals surface area contributed by atoms with Crippen LogP contribution in [0.4, 0.5) is 18.0 Å². The molecule has 9 heteroatoms. The summed E-state index contributed by atoms with van der Waals surface area (Å²) in [5.41, 5.74) is -0.950. The molecule has 0 amide bonds. The molecule has 0 aliphatic carbocycles. The molecule has 0 atom stereocenters. The first-order valence-corrected chi connectivity index (χ1v) is 7.36. The molecule has 3 aromatic rings. The molecule has 4 nitrogen and oxygen atoms in total. The van der Waals surface area contributed by atoms with Crippen molar-refractivity contribution in [1.82, 2.24) is 4.57 Å². The molecule has 1 heterocycles. The summed E-state index contributed by atoms with van der Waals surface area (Å²) in [4.78, 5) is 23.4. The molecule has 0 saturated heterocycles. The van der Waals surface area contributed by atoms with Crippen LogP contribution in [-0.4, -0.2) is 22.8 Å². The van der Waals surface area contributed by atoms with Crippen LogP contribution in [0.2, 0.25) is 5.02 Å². The molecule has 25 heavy (non-hydrogen) atoms. The zero-order valence-electron chi connectivity index (χ0n) is 12.4. The van der Waals surface area contributed by atoms with Gasteiger partial charge in [0, 0.05) is 17.6 Å². The lowest BCUT2D eigenvalue weighted by Crippen LogP contribution is -2.37. The van der Waals surface area contributed by atoms with E-state index in [1.165, 1.54) is 0 Å². The van der Waals surface area contributed by atoms with E-state index >= 15 is 0 Å². The Morgan fingerprint density at radius 3 is 2.48 bits per heavy atom. The Bertz CT molecular complexity index is 1080. The van der Waals surface area contributed by atoms with Gasteiger partial charge in [0.05, 0.1) is 16.2 Å². The van der Waals surface area contributed by atoms with Gasteiger partial charge in [0.2, 0.25) is 0 Å². The van der Waals surface area contributed by atoms with Gasteiger partial charge < -0.3 is 9.67 Å². The van der Waals surface area contributed by atoms with Crippen LogP contribution in [0.3, 0.4) is 0 Å². The molecule has 0 aliphatic rings. The highest BCUT2D eigenvalue weighted by Gasteiger charge is 2.18. The number of carbonyl (C=O) groups is 1. The Morgan fingerprint density at radius 1 is 1.12 bits per heavy atom. The third-order valence-corrected chi connectivity index (χ3v) is 3.92. The minimum Gasteiger partial charge on any atom is -0.489 e. The van der Waals surface area contributed by atoms with Gasteiger partial charge in [0.1, 0.15) is 17.5 Å². The Labute approximate surface area is 144 Å².